The Bertz CT molecular complexity index is 339. The molecule has 2 unspecified atom stereocenters. The summed E-state index contributed by atoms with van der Waals surface area (Å²) in [5.41, 5.74) is 1.18. The Morgan fingerprint density at radius 3 is 2.53 bits per heavy atom. The second-order valence-corrected chi connectivity index (χ2v) is 5.28. The molecule has 0 bridgehead atoms. The smallest absolute Gasteiger partial charge is 0.123 e. The quantitative estimate of drug-likeness (QED) is 0.740. The summed E-state index contributed by atoms with van der Waals surface area (Å²) < 4.78 is 18.1. The van der Waals surface area contributed by atoms with Gasteiger partial charge in [-0.25, -0.2) is 4.39 Å². The van der Waals surface area contributed by atoms with Crippen LogP contribution >= 0.6 is 0 Å². The van der Waals surface area contributed by atoms with E-state index in [1.807, 2.05) is 12.1 Å². The number of halogens is 1. The van der Waals surface area contributed by atoms with Crippen molar-refractivity contribution in [3.8, 4) is 0 Å². The highest BCUT2D eigenvalue weighted by Crippen LogP contribution is 2.13. The van der Waals surface area contributed by atoms with Crippen LogP contribution in [0.15, 0.2) is 24.3 Å². The lowest BCUT2D eigenvalue weighted by atomic mass is 9.96. The van der Waals surface area contributed by atoms with Crippen LogP contribution in [0.25, 0.3) is 0 Å². The average molecular weight is 267 g/mol. The molecule has 2 nitrogen and oxygen atoms in total. The molecule has 2 atom stereocenters. The lowest BCUT2D eigenvalue weighted by Crippen LogP contribution is -2.34. The highest BCUT2D eigenvalue weighted by molar-refractivity contribution is 5.17. The van der Waals surface area contributed by atoms with Gasteiger partial charge in [-0.1, -0.05) is 26.0 Å². The summed E-state index contributed by atoms with van der Waals surface area (Å²) in [5.74, 6) is 0.356. The summed E-state index contributed by atoms with van der Waals surface area (Å²) >= 11 is 0. The van der Waals surface area contributed by atoms with Crippen LogP contribution in [0.5, 0.6) is 0 Å². The minimum absolute atomic E-state index is 0.172. The molecule has 1 N–H and O–H groups in total. The normalized spacial score (nSPS) is 14.3. The van der Waals surface area contributed by atoms with Crippen molar-refractivity contribution >= 4 is 0 Å². The Morgan fingerprint density at radius 1 is 1.26 bits per heavy atom. The van der Waals surface area contributed by atoms with Crippen molar-refractivity contribution in [3.05, 3.63) is 35.6 Å². The summed E-state index contributed by atoms with van der Waals surface area (Å²) in [6, 6.07) is 7.24. The monoisotopic (exact) mass is 267 g/mol. The molecule has 0 spiro atoms. The molecule has 1 aromatic carbocycles. The number of hydrogen-bond acceptors (Lipinski definition) is 2. The summed E-state index contributed by atoms with van der Waals surface area (Å²) in [6.07, 6.45) is 3.14. The summed E-state index contributed by atoms with van der Waals surface area (Å²) in [6.45, 7) is 6.18. The van der Waals surface area contributed by atoms with E-state index in [9.17, 15) is 4.39 Å². The maximum Gasteiger partial charge on any atom is 0.123 e. The van der Waals surface area contributed by atoms with E-state index in [2.05, 4.69) is 19.2 Å². The largest absolute Gasteiger partial charge is 0.384 e. The van der Waals surface area contributed by atoms with E-state index in [1.165, 1.54) is 17.7 Å². The molecule has 108 valence electrons. The Labute approximate surface area is 116 Å². The van der Waals surface area contributed by atoms with Gasteiger partial charge in [0.2, 0.25) is 0 Å². The summed E-state index contributed by atoms with van der Waals surface area (Å²) in [7, 11) is 1.74. The maximum atomic E-state index is 12.9. The van der Waals surface area contributed by atoms with E-state index in [-0.39, 0.29) is 5.82 Å². The molecule has 0 aliphatic rings. The van der Waals surface area contributed by atoms with Crippen molar-refractivity contribution in [2.45, 2.75) is 39.2 Å². The molecule has 0 aromatic heterocycles. The molecular weight excluding hydrogens is 241 g/mol. The number of rotatable bonds is 9. The maximum absolute atomic E-state index is 12.9. The molecule has 1 aromatic rings. The number of methoxy groups -OCH3 is 1. The lowest BCUT2D eigenvalue weighted by molar-refractivity contribution is 0.149. The Kier molecular flexibility index (Phi) is 7.68. The molecule has 19 heavy (non-hydrogen) atoms. The van der Waals surface area contributed by atoms with Crippen LogP contribution in [0, 0.1) is 11.7 Å². The SMILES string of the molecule is CCCNC(Cc1ccc(F)cc1)CC(C)COC. The molecule has 0 saturated heterocycles. The van der Waals surface area contributed by atoms with Crippen molar-refractivity contribution in [1.29, 1.82) is 0 Å². The van der Waals surface area contributed by atoms with E-state index in [4.69, 9.17) is 4.74 Å². The first-order valence-corrected chi connectivity index (χ1v) is 7.12. The van der Waals surface area contributed by atoms with Crippen LogP contribution in [0.3, 0.4) is 0 Å². The highest BCUT2D eigenvalue weighted by Gasteiger charge is 2.13. The van der Waals surface area contributed by atoms with Crippen molar-refractivity contribution in [1.82, 2.24) is 5.32 Å². The van der Waals surface area contributed by atoms with Crippen molar-refractivity contribution < 1.29 is 9.13 Å². The molecule has 0 fully saturated rings. The Balaban J connectivity index is 2.54. The van der Waals surface area contributed by atoms with Crippen LogP contribution in [0.1, 0.15) is 32.3 Å². The van der Waals surface area contributed by atoms with Gasteiger partial charge in [-0.2, -0.15) is 0 Å². The Hall–Kier alpha value is -0.930. The van der Waals surface area contributed by atoms with Gasteiger partial charge >= 0.3 is 0 Å². The lowest BCUT2D eigenvalue weighted by Gasteiger charge is -2.22. The van der Waals surface area contributed by atoms with Gasteiger partial charge in [0.15, 0.2) is 0 Å². The van der Waals surface area contributed by atoms with E-state index in [1.54, 1.807) is 7.11 Å². The van der Waals surface area contributed by atoms with Gasteiger partial charge in [0.25, 0.3) is 0 Å². The van der Waals surface area contributed by atoms with E-state index >= 15 is 0 Å². The van der Waals surface area contributed by atoms with Crippen LogP contribution in [-0.4, -0.2) is 26.3 Å². The minimum Gasteiger partial charge on any atom is -0.384 e. The highest BCUT2D eigenvalue weighted by atomic mass is 19.1. The number of hydrogen-bond donors (Lipinski definition) is 1. The summed E-state index contributed by atoms with van der Waals surface area (Å²) in [4.78, 5) is 0. The third kappa shape index (κ3) is 6.69. The van der Waals surface area contributed by atoms with Crippen LogP contribution < -0.4 is 5.32 Å². The zero-order valence-corrected chi connectivity index (χ0v) is 12.3. The molecule has 0 aliphatic carbocycles. The fraction of sp³-hybridized carbons (Fsp3) is 0.625. The zero-order valence-electron chi connectivity index (χ0n) is 12.3. The van der Waals surface area contributed by atoms with E-state index in [0.717, 1.165) is 32.4 Å². The van der Waals surface area contributed by atoms with Crippen molar-refractivity contribution in [2.24, 2.45) is 5.92 Å². The second-order valence-electron chi connectivity index (χ2n) is 5.28. The molecule has 0 heterocycles. The second kappa shape index (κ2) is 9.05. The number of nitrogens with one attached hydrogen (secondary N) is 1. The fourth-order valence-corrected chi connectivity index (χ4v) is 2.33. The number of ether oxygens (including phenoxy) is 1. The molecule has 1 rings (SSSR count). The standard InChI is InChI=1S/C16H26FNO/c1-4-9-18-16(10-13(2)12-19-3)11-14-5-7-15(17)8-6-14/h5-8,13,16,18H,4,9-12H2,1-3H3. The molecule has 3 heteroatoms. The van der Waals surface area contributed by atoms with Crippen LogP contribution in [0.2, 0.25) is 0 Å². The van der Waals surface area contributed by atoms with Gasteiger partial charge < -0.3 is 10.1 Å². The molecule has 0 saturated carbocycles. The third-order valence-corrected chi connectivity index (χ3v) is 3.22. The Morgan fingerprint density at radius 2 is 1.95 bits per heavy atom. The van der Waals surface area contributed by atoms with Gasteiger partial charge in [-0.3, -0.25) is 0 Å². The first-order valence-electron chi connectivity index (χ1n) is 7.12. The molecule has 0 radical (unpaired) electrons. The predicted molar refractivity (Wildman–Crippen MR) is 77.8 cm³/mol. The fourth-order valence-electron chi connectivity index (χ4n) is 2.33. The van der Waals surface area contributed by atoms with Crippen molar-refractivity contribution in [2.75, 3.05) is 20.3 Å². The van der Waals surface area contributed by atoms with E-state index < -0.39 is 0 Å². The first kappa shape index (κ1) is 16.1. The molecular formula is C16H26FNO. The van der Waals surface area contributed by atoms with Crippen LogP contribution in [-0.2, 0) is 11.2 Å². The van der Waals surface area contributed by atoms with Gasteiger partial charge in [0, 0.05) is 19.8 Å². The topological polar surface area (TPSA) is 21.3 Å². The minimum atomic E-state index is -0.172. The van der Waals surface area contributed by atoms with Crippen LogP contribution in [0.4, 0.5) is 4.39 Å². The molecule has 0 aliphatic heterocycles. The van der Waals surface area contributed by atoms with E-state index in [0.29, 0.717) is 12.0 Å². The first-order chi connectivity index (χ1) is 9.15. The summed E-state index contributed by atoms with van der Waals surface area (Å²) in [5, 5.41) is 3.57. The third-order valence-electron chi connectivity index (χ3n) is 3.22. The van der Waals surface area contributed by atoms with Gasteiger partial charge in [-0.15, -0.1) is 0 Å². The van der Waals surface area contributed by atoms with Gasteiger partial charge in [0.1, 0.15) is 5.82 Å². The van der Waals surface area contributed by atoms with Crippen molar-refractivity contribution in [3.63, 3.8) is 0 Å². The molecule has 0 amide bonds. The number of benzene rings is 1. The van der Waals surface area contributed by atoms with Gasteiger partial charge in [0.05, 0.1) is 0 Å². The average Bonchev–Trinajstić information content (AvgIpc) is 2.39. The zero-order chi connectivity index (χ0) is 14.1. The predicted octanol–water partition coefficient (Wildman–Crippen LogP) is 3.41. The van der Waals surface area contributed by atoms with Gasteiger partial charge in [-0.05, 0) is 49.4 Å².